The van der Waals surface area contributed by atoms with Crippen LogP contribution < -0.4 is 5.32 Å². The molecular weight excluding hydrogens is 164 g/mol. The van der Waals surface area contributed by atoms with Crippen LogP contribution >= 0.6 is 0 Å². The van der Waals surface area contributed by atoms with Gasteiger partial charge in [0.15, 0.2) is 0 Å². The summed E-state index contributed by atoms with van der Waals surface area (Å²) in [5, 5.41) is 21.4. The second-order valence-electron chi connectivity index (χ2n) is 4.26. The molecule has 0 bridgehead atoms. The van der Waals surface area contributed by atoms with Crippen molar-refractivity contribution in [1.82, 2.24) is 5.32 Å². The Morgan fingerprint density at radius 3 is 2.69 bits per heavy atom. The van der Waals surface area contributed by atoms with Crippen molar-refractivity contribution in [2.75, 3.05) is 0 Å². The quantitative estimate of drug-likeness (QED) is 0.660. The first-order valence-electron chi connectivity index (χ1n) is 5.13. The highest BCUT2D eigenvalue weighted by molar-refractivity contribution is 4.99. The molecule has 0 aromatic carbocycles. The van der Waals surface area contributed by atoms with Gasteiger partial charge in [0.05, 0.1) is 18.1 Å². The molecule has 2 rings (SSSR count). The van der Waals surface area contributed by atoms with Gasteiger partial charge in [-0.05, 0) is 25.7 Å². The first kappa shape index (κ1) is 8.98. The van der Waals surface area contributed by atoms with Gasteiger partial charge in [-0.3, -0.25) is 0 Å². The van der Waals surface area contributed by atoms with Gasteiger partial charge < -0.3 is 10.4 Å². The van der Waals surface area contributed by atoms with Crippen LogP contribution in [-0.4, -0.2) is 23.3 Å². The van der Waals surface area contributed by atoms with Gasteiger partial charge in [0.25, 0.3) is 0 Å². The minimum atomic E-state index is -0.0977. The predicted octanol–water partition coefficient (Wildman–Crippen LogP) is 0.792. The SMILES string of the molecule is N#CC1CCCC1NC1CC(O)C1. The van der Waals surface area contributed by atoms with Crippen LogP contribution in [0.2, 0.25) is 0 Å². The van der Waals surface area contributed by atoms with Gasteiger partial charge in [0, 0.05) is 12.1 Å². The molecule has 2 unspecified atom stereocenters. The molecule has 0 radical (unpaired) electrons. The third-order valence-corrected chi connectivity index (χ3v) is 3.24. The van der Waals surface area contributed by atoms with E-state index in [4.69, 9.17) is 10.4 Å². The number of aliphatic hydroxyl groups excluding tert-OH is 1. The Morgan fingerprint density at radius 1 is 1.31 bits per heavy atom. The van der Waals surface area contributed by atoms with Gasteiger partial charge >= 0.3 is 0 Å². The van der Waals surface area contributed by atoms with Gasteiger partial charge in [-0.2, -0.15) is 5.26 Å². The summed E-state index contributed by atoms with van der Waals surface area (Å²) in [4.78, 5) is 0. The Balaban J connectivity index is 1.78. The van der Waals surface area contributed by atoms with E-state index in [1.807, 2.05) is 0 Å². The maximum atomic E-state index is 9.11. The van der Waals surface area contributed by atoms with Gasteiger partial charge in [0.2, 0.25) is 0 Å². The monoisotopic (exact) mass is 180 g/mol. The highest BCUT2D eigenvalue weighted by atomic mass is 16.3. The Labute approximate surface area is 78.7 Å². The van der Waals surface area contributed by atoms with Gasteiger partial charge in [0.1, 0.15) is 0 Å². The Morgan fingerprint density at radius 2 is 2.08 bits per heavy atom. The molecule has 2 atom stereocenters. The summed E-state index contributed by atoms with van der Waals surface area (Å²) in [6, 6.07) is 3.21. The highest BCUT2D eigenvalue weighted by Gasteiger charge is 2.33. The summed E-state index contributed by atoms with van der Waals surface area (Å²) in [5.41, 5.74) is 0. The fourth-order valence-electron chi connectivity index (χ4n) is 2.34. The summed E-state index contributed by atoms with van der Waals surface area (Å²) in [6.07, 6.45) is 4.99. The molecule has 2 fully saturated rings. The maximum absolute atomic E-state index is 9.11. The molecule has 0 spiro atoms. The van der Waals surface area contributed by atoms with E-state index in [1.165, 1.54) is 6.42 Å². The average Bonchev–Trinajstić information content (AvgIpc) is 2.49. The number of hydrogen-bond acceptors (Lipinski definition) is 3. The third kappa shape index (κ3) is 1.84. The van der Waals surface area contributed by atoms with Crippen LogP contribution in [0.15, 0.2) is 0 Å². The van der Waals surface area contributed by atoms with Crippen molar-refractivity contribution in [3.05, 3.63) is 0 Å². The normalized spacial score (nSPS) is 44.0. The molecule has 72 valence electrons. The molecule has 2 N–H and O–H groups in total. The van der Waals surface area contributed by atoms with Crippen LogP contribution in [0, 0.1) is 17.2 Å². The first-order chi connectivity index (χ1) is 6.29. The van der Waals surface area contributed by atoms with Crippen LogP contribution in [0.5, 0.6) is 0 Å². The molecule has 13 heavy (non-hydrogen) atoms. The number of nitrogens with one attached hydrogen (secondary N) is 1. The standard InChI is InChI=1S/C10H16N2O/c11-6-7-2-1-3-10(7)12-8-4-9(13)5-8/h7-10,12-13H,1-5H2. The molecule has 0 aromatic rings. The number of nitrogens with zero attached hydrogens (tertiary/aromatic N) is 1. The van der Waals surface area contributed by atoms with Gasteiger partial charge in [-0.25, -0.2) is 0 Å². The Bertz CT molecular complexity index is 217. The minimum Gasteiger partial charge on any atom is -0.393 e. The molecule has 3 heteroatoms. The molecule has 0 aromatic heterocycles. The van der Waals surface area contributed by atoms with E-state index in [0.717, 1.165) is 25.7 Å². The summed E-state index contributed by atoms with van der Waals surface area (Å²) in [6.45, 7) is 0. The molecule has 0 saturated heterocycles. The van der Waals surface area contributed by atoms with Crippen molar-refractivity contribution >= 4 is 0 Å². The minimum absolute atomic E-state index is 0.0977. The van der Waals surface area contributed by atoms with Gasteiger partial charge in [-0.1, -0.05) is 6.42 Å². The first-order valence-corrected chi connectivity index (χ1v) is 5.13. The van der Waals surface area contributed by atoms with Crippen LogP contribution in [0.1, 0.15) is 32.1 Å². The van der Waals surface area contributed by atoms with E-state index in [-0.39, 0.29) is 12.0 Å². The summed E-state index contributed by atoms with van der Waals surface area (Å²) in [5.74, 6) is 0.206. The number of hydrogen-bond donors (Lipinski definition) is 2. The van der Waals surface area contributed by atoms with Gasteiger partial charge in [-0.15, -0.1) is 0 Å². The topological polar surface area (TPSA) is 56.0 Å². The van der Waals surface area contributed by atoms with Crippen molar-refractivity contribution in [3.8, 4) is 6.07 Å². The Hall–Kier alpha value is -0.590. The van der Waals surface area contributed by atoms with Crippen molar-refractivity contribution in [2.24, 2.45) is 5.92 Å². The molecule has 0 heterocycles. The lowest BCUT2D eigenvalue weighted by Crippen LogP contribution is -2.49. The fraction of sp³-hybridized carbons (Fsp3) is 0.900. The number of nitriles is 1. The Kier molecular flexibility index (Phi) is 2.52. The van der Waals surface area contributed by atoms with Crippen LogP contribution in [0.4, 0.5) is 0 Å². The third-order valence-electron chi connectivity index (χ3n) is 3.24. The van der Waals surface area contributed by atoms with E-state index in [0.29, 0.717) is 12.1 Å². The zero-order valence-electron chi connectivity index (χ0n) is 7.74. The largest absolute Gasteiger partial charge is 0.393 e. The number of aliphatic hydroxyl groups is 1. The zero-order chi connectivity index (χ0) is 9.26. The lowest BCUT2D eigenvalue weighted by atomic mass is 9.88. The van der Waals surface area contributed by atoms with Crippen LogP contribution in [0.25, 0.3) is 0 Å². The van der Waals surface area contributed by atoms with Crippen molar-refractivity contribution in [2.45, 2.75) is 50.3 Å². The van der Waals surface area contributed by atoms with E-state index >= 15 is 0 Å². The maximum Gasteiger partial charge on any atom is 0.0672 e. The molecule has 3 nitrogen and oxygen atoms in total. The highest BCUT2D eigenvalue weighted by Crippen LogP contribution is 2.28. The average molecular weight is 180 g/mol. The van der Waals surface area contributed by atoms with Crippen LogP contribution in [-0.2, 0) is 0 Å². The lowest BCUT2D eigenvalue weighted by Gasteiger charge is -2.35. The second kappa shape index (κ2) is 3.65. The predicted molar refractivity (Wildman–Crippen MR) is 48.9 cm³/mol. The smallest absolute Gasteiger partial charge is 0.0672 e. The molecule has 0 aliphatic heterocycles. The molecule has 0 amide bonds. The zero-order valence-corrected chi connectivity index (χ0v) is 7.74. The second-order valence-corrected chi connectivity index (χ2v) is 4.26. The fourth-order valence-corrected chi connectivity index (χ4v) is 2.34. The van der Waals surface area contributed by atoms with Crippen molar-refractivity contribution < 1.29 is 5.11 Å². The van der Waals surface area contributed by atoms with E-state index < -0.39 is 0 Å². The summed E-state index contributed by atoms with van der Waals surface area (Å²) in [7, 11) is 0. The summed E-state index contributed by atoms with van der Waals surface area (Å²) >= 11 is 0. The van der Waals surface area contributed by atoms with E-state index in [1.54, 1.807) is 0 Å². The summed E-state index contributed by atoms with van der Waals surface area (Å²) < 4.78 is 0. The number of rotatable bonds is 2. The molecule has 2 aliphatic carbocycles. The molecule has 2 saturated carbocycles. The van der Waals surface area contributed by atoms with E-state index in [2.05, 4.69) is 11.4 Å². The van der Waals surface area contributed by atoms with E-state index in [9.17, 15) is 0 Å². The molecule has 2 aliphatic rings. The van der Waals surface area contributed by atoms with Crippen molar-refractivity contribution in [1.29, 1.82) is 5.26 Å². The van der Waals surface area contributed by atoms with Crippen molar-refractivity contribution in [3.63, 3.8) is 0 Å². The molecular formula is C10H16N2O. The van der Waals surface area contributed by atoms with Crippen LogP contribution in [0.3, 0.4) is 0 Å². The lowest BCUT2D eigenvalue weighted by molar-refractivity contribution is 0.0566.